The van der Waals surface area contributed by atoms with Crippen LogP contribution in [0.1, 0.15) is 23.0 Å². The standard InChI is InChI=1S/C16H14F3IN2O2/c17-16(18,19)24-13-3-1-2-10(6-13)11-7-14-15(23)21-8-12(4-5-20)22(14)9-11/h1-3,6-7,9,12H,4-5,8H2,(H,21,23)/t12-/m0/s1. The van der Waals surface area contributed by atoms with Gasteiger partial charge in [0.25, 0.3) is 5.91 Å². The predicted molar refractivity (Wildman–Crippen MR) is 91.4 cm³/mol. The number of ether oxygens (including phenoxy) is 1. The number of nitrogens with zero attached hydrogens (tertiary/aromatic N) is 1. The van der Waals surface area contributed by atoms with E-state index in [4.69, 9.17) is 0 Å². The van der Waals surface area contributed by atoms with Crippen LogP contribution < -0.4 is 10.1 Å². The van der Waals surface area contributed by atoms with E-state index in [9.17, 15) is 18.0 Å². The number of alkyl halides is 4. The van der Waals surface area contributed by atoms with Gasteiger partial charge in [-0.2, -0.15) is 0 Å². The van der Waals surface area contributed by atoms with E-state index in [-0.39, 0.29) is 17.7 Å². The minimum atomic E-state index is -4.73. The smallest absolute Gasteiger partial charge is 0.406 e. The third-order valence-corrected chi connectivity index (χ3v) is 4.44. The summed E-state index contributed by atoms with van der Waals surface area (Å²) >= 11 is 2.28. The molecule has 0 saturated heterocycles. The maximum Gasteiger partial charge on any atom is 0.573 e. The van der Waals surface area contributed by atoms with Crippen LogP contribution in [0.25, 0.3) is 11.1 Å². The highest BCUT2D eigenvalue weighted by Gasteiger charge is 2.31. The summed E-state index contributed by atoms with van der Waals surface area (Å²) < 4.78 is 43.9. The average molecular weight is 450 g/mol. The highest BCUT2D eigenvalue weighted by molar-refractivity contribution is 14.1. The van der Waals surface area contributed by atoms with Crippen LogP contribution in [-0.4, -0.2) is 27.8 Å². The molecule has 1 aliphatic heterocycles. The van der Waals surface area contributed by atoms with Crippen molar-refractivity contribution in [3.05, 3.63) is 42.2 Å². The van der Waals surface area contributed by atoms with Crippen molar-refractivity contribution in [2.24, 2.45) is 0 Å². The summed E-state index contributed by atoms with van der Waals surface area (Å²) in [6, 6.07) is 7.60. The van der Waals surface area contributed by atoms with Crippen molar-refractivity contribution in [3.63, 3.8) is 0 Å². The van der Waals surface area contributed by atoms with Crippen molar-refractivity contribution in [1.82, 2.24) is 9.88 Å². The quantitative estimate of drug-likeness (QED) is 0.562. The van der Waals surface area contributed by atoms with Gasteiger partial charge in [0.1, 0.15) is 11.4 Å². The second-order valence-electron chi connectivity index (χ2n) is 5.44. The summed E-state index contributed by atoms with van der Waals surface area (Å²) in [6.07, 6.45) is -2.01. The summed E-state index contributed by atoms with van der Waals surface area (Å²) in [4.78, 5) is 12.0. The molecule has 128 valence electrons. The maximum absolute atomic E-state index is 12.4. The van der Waals surface area contributed by atoms with Crippen LogP contribution in [-0.2, 0) is 0 Å². The van der Waals surface area contributed by atoms with Gasteiger partial charge in [-0.3, -0.25) is 4.79 Å². The van der Waals surface area contributed by atoms with Gasteiger partial charge in [0.2, 0.25) is 0 Å². The molecular formula is C16H14F3IN2O2. The van der Waals surface area contributed by atoms with Crippen LogP contribution >= 0.6 is 22.6 Å². The molecule has 1 atom stereocenters. The zero-order valence-corrected chi connectivity index (χ0v) is 14.6. The van der Waals surface area contributed by atoms with E-state index in [1.165, 1.54) is 18.2 Å². The number of benzene rings is 1. The molecule has 1 aromatic carbocycles. The van der Waals surface area contributed by atoms with E-state index in [2.05, 4.69) is 32.6 Å². The van der Waals surface area contributed by atoms with Crippen molar-refractivity contribution < 1.29 is 22.7 Å². The van der Waals surface area contributed by atoms with Gasteiger partial charge in [0.05, 0.1) is 6.04 Å². The van der Waals surface area contributed by atoms with E-state index < -0.39 is 6.36 Å². The molecule has 3 rings (SSSR count). The number of rotatable bonds is 4. The van der Waals surface area contributed by atoms with E-state index >= 15 is 0 Å². The topological polar surface area (TPSA) is 43.3 Å². The van der Waals surface area contributed by atoms with Gasteiger partial charge in [-0.05, 0) is 30.2 Å². The molecule has 2 heterocycles. The number of carbonyl (C=O) groups excluding carboxylic acids is 1. The van der Waals surface area contributed by atoms with Crippen molar-refractivity contribution in [1.29, 1.82) is 0 Å². The molecule has 0 fully saturated rings. The Morgan fingerprint density at radius 3 is 2.79 bits per heavy atom. The lowest BCUT2D eigenvalue weighted by Gasteiger charge is -2.25. The number of nitrogens with one attached hydrogen (secondary N) is 1. The minimum Gasteiger partial charge on any atom is -0.406 e. The zero-order valence-electron chi connectivity index (χ0n) is 12.4. The highest BCUT2D eigenvalue weighted by atomic mass is 127. The Kier molecular flexibility index (Phi) is 4.75. The Bertz CT molecular complexity index is 758. The first-order chi connectivity index (χ1) is 11.4. The van der Waals surface area contributed by atoms with Crippen molar-refractivity contribution in [2.45, 2.75) is 18.8 Å². The lowest BCUT2D eigenvalue weighted by atomic mass is 10.1. The normalized spacial score (nSPS) is 17.3. The number of hydrogen-bond donors (Lipinski definition) is 1. The second kappa shape index (κ2) is 6.66. The molecule has 1 aromatic heterocycles. The molecule has 24 heavy (non-hydrogen) atoms. The molecule has 2 aromatic rings. The van der Waals surface area contributed by atoms with Crippen LogP contribution in [0.3, 0.4) is 0 Å². The maximum atomic E-state index is 12.4. The van der Waals surface area contributed by atoms with Gasteiger partial charge < -0.3 is 14.6 Å². The van der Waals surface area contributed by atoms with Crippen LogP contribution in [0.5, 0.6) is 5.75 Å². The van der Waals surface area contributed by atoms with Gasteiger partial charge in [0, 0.05) is 22.7 Å². The predicted octanol–water partition coefficient (Wildman–Crippen LogP) is 4.16. The number of hydrogen-bond acceptors (Lipinski definition) is 2. The van der Waals surface area contributed by atoms with E-state index in [0.29, 0.717) is 23.4 Å². The van der Waals surface area contributed by atoms with Gasteiger partial charge in [0.15, 0.2) is 0 Å². The SMILES string of the molecule is O=C1NC[C@H](CCI)n2cc(-c3cccc(OC(F)(F)F)c3)cc21. The van der Waals surface area contributed by atoms with E-state index in [1.807, 2.05) is 10.8 Å². The number of halogens is 4. The number of amides is 1. The molecule has 0 radical (unpaired) electrons. The molecule has 1 amide bonds. The summed E-state index contributed by atoms with van der Waals surface area (Å²) in [6.45, 7) is 0.556. The minimum absolute atomic E-state index is 0.151. The van der Waals surface area contributed by atoms with Gasteiger partial charge in [-0.1, -0.05) is 34.7 Å². The Balaban J connectivity index is 1.95. The molecule has 0 unspecified atom stereocenters. The number of fused-ring (bicyclic) bond motifs is 1. The average Bonchev–Trinajstić information content (AvgIpc) is 2.95. The van der Waals surface area contributed by atoms with Crippen LogP contribution in [0.2, 0.25) is 0 Å². The fourth-order valence-electron chi connectivity index (χ4n) is 2.76. The summed E-state index contributed by atoms with van der Waals surface area (Å²) in [5, 5.41) is 2.84. The van der Waals surface area contributed by atoms with Gasteiger partial charge in [-0.15, -0.1) is 13.2 Å². The zero-order chi connectivity index (χ0) is 17.3. The van der Waals surface area contributed by atoms with Crippen molar-refractivity contribution in [2.75, 3.05) is 11.0 Å². The second-order valence-corrected chi connectivity index (χ2v) is 6.52. The first-order valence-corrected chi connectivity index (χ1v) is 8.82. The third kappa shape index (κ3) is 3.68. The Morgan fingerprint density at radius 1 is 1.29 bits per heavy atom. The van der Waals surface area contributed by atoms with E-state index in [0.717, 1.165) is 10.8 Å². The monoisotopic (exact) mass is 450 g/mol. The van der Waals surface area contributed by atoms with Crippen molar-refractivity contribution in [3.8, 4) is 16.9 Å². The largest absolute Gasteiger partial charge is 0.573 e. The number of aromatic nitrogens is 1. The lowest BCUT2D eigenvalue weighted by molar-refractivity contribution is -0.274. The molecule has 0 bridgehead atoms. The molecule has 1 aliphatic rings. The van der Waals surface area contributed by atoms with Gasteiger partial charge >= 0.3 is 6.36 Å². The fraction of sp³-hybridized carbons (Fsp3) is 0.312. The summed E-state index contributed by atoms with van der Waals surface area (Å²) in [7, 11) is 0. The van der Waals surface area contributed by atoms with E-state index in [1.54, 1.807) is 12.1 Å². The van der Waals surface area contributed by atoms with Gasteiger partial charge in [-0.25, -0.2) is 0 Å². The molecule has 4 nitrogen and oxygen atoms in total. The van der Waals surface area contributed by atoms with Crippen LogP contribution in [0.15, 0.2) is 36.5 Å². The highest BCUT2D eigenvalue weighted by Crippen LogP contribution is 2.31. The molecular weight excluding hydrogens is 436 g/mol. The first kappa shape index (κ1) is 17.1. The van der Waals surface area contributed by atoms with Crippen molar-refractivity contribution >= 4 is 28.5 Å². The molecule has 0 spiro atoms. The van der Waals surface area contributed by atoms with Crippen LogP contribution in [0.4, 0.5) is 13.2 Å². The molecule has 8 heteroatoms. The third-order valence-electron chi connectivity index (χ3n) is 3.82. The summed E-state index contributed by atoms with van der Waals surface area (Å²) in [5.41, 5.74) is 1.78. The first-order valence-electron chi connectivity index (χ1n) is 7.29. The molecule has 0 aliphatic carbocycles. The molecule has 0 saturated carbocycles. The lowest BCUT2D eigenvalue weighted by Crippen LogP contribution is -2.38. The van der Waals surface area contributed by atoms with Crippen LogP contribution in [0, 0.1) is 0 Å². The molecule has 1 N–H and O–H groups in total. The summed E-state index contributed by atoms with van der Waals surface area (Å²) in [5.74, 6) is -0.453. The Hall–Kier alpha value is -1.71. The number of carbonyl (C=O) groups is 1. The fourth-order valence-corrected chi connectivity index (χ4v) is 3.48. The Morgan fingerprint density at radius 2 is 2.08 bits per heavy atom. The Labute approximate surface area is 150 Å².